The SMILES string of the molecule is CCCCOc1ncccc1CN=C(NCC)NCCCN1CCOCC1.I. The number of guanidine groups is 1. The van der Waals surface area contributed by atoms with E-state index in [2.05, 4.69) is 34.4 Å². The molecule has 0 saturated carbocycles. The van der Waals surface area contributed by atoms with Crippen molar-refractivity contribution in [2.75, 3.05) is 52.5 Å². The number of unbranched alkanes of at least 4 members (excludes halogenated alkanes) is 1. The number of hydrogen-bond acceptors (Lipinski definition) is 5. The average molecular weight is 505 g/mol. The van der Waals surface area contributed by atoms with Gasteiger partial charge in [0.15, 0.2) is 5.96 Å². The summed E-state index contributed by atoms with van der Waals surface area (Å²) in [6.45, 7) is 12.1. The van der Waals surface area contributed by atoms with Gasteiger partial charge in [0.25, 0.3) is 0 Å². The van der Waals surface area contributed by atoms with Crippen molar-refractivity contribution in [1.82, 2.24) is 20.5 Å². The zero-order chi connectivity index (χ0) is 19.2. The van der Waals surface area contributed by atoms with Crippen LogP contribution in [0.3, 0.4) is 0 Å². The number of aliphatic imine (C=N–C) groups is 1. The molecule has 8 heteroatoms. The van der Waals surface area contributed by atoms with E-state index in [0.29, 0.717) is 19.0 Å². The summed E-state index contributed by atoms with van der Waals surface area (Å²) >= 11 is 0. The number of nitrogens with zero attached hydrogens (tertiary/aromatic N) is 3. The van der Waals surface area contributed by atoms with Crippen molar-refractivity contribution >= 4 is 29.9 Å². The summed E-state index contributed by atoms with van der Waals surface area (Å²) in [7, 11) is 0. The second-order valence-electron chi connectivity index (χ2n) is 6.60. The van der Waals surface area contributed by atoms with E-state index in [0.717, 1.165) is 76.7 Å². The van der Waals surface area contributed by atoms with Gasteiger partial charge < -0.3 is 20.1 Å². The Morgan fingerprint density at radius 2 is 2.07 bits per heavy atom. The number of rotatable bonds is 11. The Kier molecular flexibility index (Phi) is 14.0. The summed E-state index contributed by atoms with van der Waals surface area (Å²) in [6.07, 6.45) is 5.00. The van der Waals surface area contributed by atoms with Crippen LogP contribution in [0.15, 0.2) is 23.3 Å². The van der Waals surface area contributed by atoms with Crippen molar-refractivity contribution in [2.24, 2.45) is 4.99 Å². The Hall–Kier alpha value is -1.13. The number of morpholine rings is 1. The number of ether oxygens (including phenoxy) is 2. The van der Waals surface area contributed by atoms with Gasteiger partial charge in [0, 0.05) is 37.9 Å². The zero-order valence-corrected chi connectivity index (χ0v) is 19.6. The predicted molar refractivity (Wildman–Crippen MR) is 125 cm³/mol. The Balaban J connectivity index is 0.00000392. The number of hydrogen-bond donors (Lipinski definition) is 2. The summed E-state index contributed by atoms with van der Waals surface area (Å²) in [5.74, 6) is 1.53. The third-order valence-corrected chi connectivity index (χ3v) is 4.39. The molecule has 7 nitrogen and oxygen atoms in total. The zero-order valence-electron chi connectivity index (χ0n) is 17.3. The molecule has 1 saturated heterocycles. The second-order valence-corrected chi connectivity index (χ2v) is 6.60. The van der Waals surface area contributed by atoms with Crippen LogP contribution in [0.25, 0.3) is 0 Å². The maximum absolute atomic E-state index is 5.80. The third-order valence-electron chi connectivity index (χ3n) is 4.39. The molecule has 1 fully saturated rings. The van der Waals surface area contributed by atoms with Gasteiger partial charge in [-0.2, -0.15) is 0 Å². The largest absolute Gasteiger partial charge is 0.477 e. The highest BCUT2D eigenvalue weighted by atomic mass is 127. The van der Waals surface area contributed by atoms with Crippen molar-refractivity contribution in [3.05, 3.63) is 23.9 Å². The number of aromatic nitrogens is 1. The second kappa shape index (κ2) is 15.8. The smallest absolute Gasteiger partial charge is 0.218 e. The summed E-state index contributed by atoms with van der Waals surface area (Å²) in [4.78, 5) is 11.5. The normalized spacial score (nSPS) is 15.0. The van der Waals surface area contributed by atoms with Gasteiger partial charge >= 0.3 is 0 Å². The molecule has 1 aromatic heterocycles. The van der Waals surface area contributed by atoms with Crippen LogP contribution in [0.4, 0.5) is 0 Å². The van der Waals surface area contributed by atoms with Crippen molar-refractivity contribution in [3.63, 3.8) is 0 Å². The van der Waals surface area contributed by atoms with Crippen LogP contribution < -0.4 is 15.4 Å². The number of halogens is 1. The van der Waals surface area contributed by atoms with E-state index >= 15 is 0 Å². The molecule has 0 amide bonds. The van der Waals surface area contributed by atoms with E-state index in [1.807, 2.05) is 12.1 Å². The van der Waals surface area contributed by atoms with E-state index in [1.165, 1.54) is 0 Å². The Morgan fingerprint density at radius 1 is 1.25 bits per heavy atom. The van der Waals surface area contributed by atoms with E-state index in [1.54, 1.807) is 6.20 Å². The first-order valence-electron chi connectivity index (χ1n) is 10.2. The molecule has 2 heterocycles. The highest BCUT2D eigenvalue weighted by molar-refractivity contribution is 14.0. The summed E-state index contributed by atoms with van der Waals surface area (Å²) in [6, 6.07) is 3.96. The molecule has 1 aromatic rings. The summed E-state index contributed by atoms with van der Waals surface area (Å²) in [5.41, 5.74) is 1.01. The van der Waals surface area contributed by atoms with Crippen molar-refractivity contribution in [1.29, 1.82) is 0 Å². The van der Waals surface area contributed by atoms with Crippen LogP contribution in [0.1, 0.15) is 38.7 Å². The summed E-state index contributed by atoms with van der Waals surface area (Å²) < 4.78 is 11.2. The van der Waals surface area contributed by atoms with Crippen LogP contribution in [0, 0.1) is 0 Å². The molecule has 0 bridgehead atoms. The molecule has 160 valence electrons. The maximum Gasteiger partial charge on any atom is 0.218 e. The van der Waals surface area contributed by atoms with Gasteiger partial charge in [-0.15, -0.1) is 24.0 Å². The van der Waals surface area contributed by atoms with Gasteiger partial charge in [-0.25, -0.2) is 9.98 Å². The monoisotopic (exact) mass is 505 g/mol. The lowest BCUT2D eigenvalue weighted by Gasteiger charge is -2.26. The van der Waals surface area contributed by atoms with Gasteiger partial charge in [0.05, 0.1) is 26.4 Å². The van der Waals surface area contributed by atoms with Crippen molar-refractivity contribution < 1.29 is 9.47 Å². The van der Waals surface area contributed by atoms with Crippen LogP contribution in [-0.2, 0) is 11.3 Å². The fourth-order valence-corrected chi connectivity index (χ4v) is 2.83. The molecule has 2 rings (SSSR count). The van der Waals surface area contributed by atoms with Crippen LogP contribution >= 0.6 is 24.0 Å². The van der Waals surface area contributed by atoms with Gasteiger partial charge in [0.1, 0.15) is 0 Å². The standard InChI is InChI=1S/C20H35N5O2.HI/c1-3-5-14-27-19-18(8-6-9-22-19)17-24-20(21-4-2)23-10-7-11-25-12-15-26-16-13-25;/h6,8-9H,3-5,7,10-17H2,1-2H3,(H2,21,23,24);1H. The molecule has 1 aliphatic heterocycles. The molecular weight excluding hydrogens is 469 g/mol. The Morgan fingerprint density at radius 3 is 2.82 bits per heavy atom. The van der Waals surface area contributed by atoms with E-state index in [9.17, 15) is 0 Å². The Bertz CT molecular complexity index is 553. The molecule has 0 unspecified atom stereocenters. The van der Waals surface area contributed by atoms with Crippen molar-refractivity contribution in [3.8, 4) is 5.88 Å². The van der Waals surface area contributed by atoms with Gasteiger partial charge in [-0.05, 0) is 32.4 Å². The minimum absolute atomic E-state index is 0. The maximum atomic E-state index is 5.80. The van der Waals surface area contributed by atoms with E-state index < -0.39 is 0 Å². The van der Waals surface area contributed by atoms with E-state index in [-0.39, 0.29) is 24.0 Å². The molecule has 28 heavy (non-hydrogen) atoms. The first-order valence-corrected chi connectivity index (χ1v) is 10.2. The molecule has 2 N–H and O–H groups in total. The lowest BCUT2D eigenvalue weighted by molar-refractivity contribution is 0.0376. The lowest BCUT2D eigenvalue weighted by Crippen LogP contribution is -2.40. The fourth-order valence-electron chi connectivity index (χ4n) is 2.83. The van der Waals surface area contributed by atoms with Gasteiger partial charge in [-0.1, -0.05) is 19.4 Å². The molecular formula is C20H36IN5O2. The van der Waals surface area contributed by atoms with Crippen LogP contribution in [0.2, 0.25) is 0 Å². The van der Waals surface area contributed by atoms with E-state index in [4.69, 9.17) is 14.5 Å². The first kappa shape index (κ1) is 24.9. The van der Waals surface area contributed by atoms with Crippen LogP contribution in [-0.4, -0.2) is 68.4 Å². The number of nitrogens with one attached hydrogen (secondary N) is 2. The lowest BCUT2D eigenvalue weighted by atomic mass is 10.2. The Labute approximate surface area is 186 Å². The molecule has 0 aromatic carbocycles. The van der Waals surface area contributed by atoms with Crippen LogP contribution in [0.5, 0.6) is 5.88 Å². The topological polar surface area (TPSA) is 71.0 Å². The molecule has 0 radical (unpaired) electrons. The van der Waals surface area contributed by atoms with Crippen molar-refractivity contribution in [2.45, 2.75) is 39.7 Å². The predicted octanol–water partition coefficient (Wildman–Crippen LogP) is 2.66. The summed E-state index contributed by atoms with van der Waals surface area (Å²) in [5, 5.41) is 6.73. The molecule has 0 spiro atoms. The van der Waals surface area contributed by atoms with Gasteiger partial charge in [0.2, 0.25) is 5.88 Å². The third kappa shape index (κ3) is 9.88. The minimum atomic E-state index is 0. The molecule has 0 atom stereocenters. The molecule has 1 aliphatic rings. The highest BCUT2D eigenvalue weighted by Crippen LogP contribution is 2.15. The number of pyridine rings is 1. The minimum Gasteiger partial charge on any atom is -0.477 e. The highest BCUT2D eigenvalue weighted by Gasteiger charge is 2.09. The fraction of sp³-hybridized carbons (Fsp3) is 0.700. The first-order chi connectivity index (χ1) is 13.3. The quantitative estimate of drug-likeness (QED) is 0.209. The van der Waals surface area contributed by atoms with Gasteiger partial charge in [-0.3, -0.25) is 4.90 Å². The molecule has 0 aliphatic carbocycles. The average Bonchev–Trinajstić information content (AvgIpc) is 2.71.